The summed E-state index contributed by atoms with van der Waals surface area (Å²) in [5.74, 6) is -0.624. The minimum Gasteiger partial charge on any atom is -0.352 e. The molecule has 0 spiro atoms. The number of rotatable bonds is 5. The van der Waals surface area contributed by atoms with E-state index in [9.17, 15) is 14.0 Å². The van der Waals surface area contributed by atoms with Crippen LogP contribution in [0.5, 0.6) is 0 Å². The second-order valence-corrected chi connectivity index (χ2v) is 8.16. The summed E-state index contributed by atoms with van der Waals surface area (Å²) in [5, 5.41) is 3.71. The lowest BCUT2D eigenvalue weighted by Gasteiger charge is -2.30. The van der Waals surface area contributed by atoms with Crippen LogP contribution in [0.1, 0.15) is 29.5 Å². The number of carbonyl (C=O) groups excluding carboxylic acids is 2. The van der Waals surface area contributed by atoms with Crippen LogP contribution in [0.4, 0.5) is 4.39 Å². The van der Waals surface area contributed by atoms with Crippen LogP contribution >= 0.6 is 23.2 Å². The van der Waals surface area contributed by atoms with Crippen molar-refractivity contribution < 1.29 is 14.0 Å². The maximum absolute atomic E-state index is 13.6. The van der Waals surface area contributed by atoms with Crippen LogP contribution in [0.2, 0.25) is 10.0 Å². The molecule has 2 aromatic rings. The Balaban J connectivity index is 1.48. The predicted octanol–water partition coefficient (Wildman–Crippen LogP) is 5.01. The quantitative estimate of drug-likeness (QED) is 0.653. The molecule has 0 aliphatic carbocycles. The Hall–Kier alpha value is -2.37. The van der Waals surface area contributed by atoms with Crippen molar-refractivity contribution in [2.75, 3.05) is 13.1 Å². The highest BCUT2D eigenvalue weighted by Gasteiger charge is 2.26. The lowest BCUT2D eigenvalue weighted by molar-refractivity contribution is -0.132. The molecule has 7 heteroatoms. The lowest BCUT2D eigenvalue weighted by atomic mass is 9.95. The number of piperidine rings is 1. The van der Waals surface area contributed by atoms with Crippen LogP contribution in [0.25, 0.3) is 6.08 Å². The second kappa shape index (κ2) is 10.1. The van der Waals surface area contributed by atoms with Gasteiger partial charge in [-0.25, -0.2) is 4.39 Å². The summed E-state index contributed by atoms with van der Waals surface area (Å²) in [6, 6.07) is 10.2. The molecule has 0 aromatic heterocycles. The van der Waals surface area contributed by atoms with Crippen molar-refractivity contribution in [3.63, 3.8) is 0 Å². The van der Waals surface area contributed by atoms with Crippen molar-refractivity contribution >= 4 is 41.1 Å². The van der Waals surface area contributed by atoms with Crippen molar-refractivity contribution in [1.29, 1.82) is 0 Å². The van der Waals surface area contributed by atoms with Gasteiger partial charge in [-0.05, 0) is 54.7 Å². The Bertz CT molecular complexity index is 970. The van der Waals surface area contributed by atoms with Crippen LogP contribution in [0.3, 0.4) is 0 Å². The van der Waals surface area contributed by atoms with Crippen molar-refractivity contribution in [1.82, 2.24) is 10.2 Å². The number of hydrogen-bond donors (Lipinski definition) is 1. The van der Waals surface area contributed by atoms with Gasteiger partial charge in [0.2, 0.25) is 11.8 Å². The summed E-state index contributed by atoms with van der Waals surface area (Å²) in [4.78, 5) is 26.6. The zero-order chi connectivity index (χ0) is 21.7. The molecule has 1 aliphatic rings. The van der Waals surface area contributed by atoms with Gasteiger partial charge in [-0.3, -0.25) is 9.59 Å². The molecule has 2 aromatic carbocycles. The third-order valence-corrected chi connectivity index (χ3v) is 6.10. The van der Waals surface area contributed by atoms with E-state index in [-0.39, 0.29) is 30.1 Å². The monoisotopic (exact) mass is 448 g/mol. The van der Waals surface area contributed by atoms with E-state index in [0.717, 1.165) is 5.56 Å². The standard InChI is InChI=1S/C23H23Cl2FN2O2/c1-15-5-6-16(13-20(15)26)14-27-23(30)18-9-11-28(12-10-18)21(29)8-7-17-3-2-4-19(24)22(17)25/h2-8,13,18H,9-12,14H2,1H3,(H,27,30). The minimum atomic E-state index is -0.277. The average Bonchev–Trinajstić information content (AvgIpc) is 2.75. The molecule has 30 heavy (non-hydrogen) atoms. The van der Waals surface area contributed by atoms with E-state index in [4.69, 9.17) is 23.2 Å². The number of carbonyl (C=O) groups is 2. The Morgan fingerprint density at radius 2 is 1.93 bits per heavy atom. The fraction of sp³-hybridized carbons (Fsp3) is 0.304. The molecular weight excluding hydrogens is 426 g/mol. The van der Waals surface area contributed by atoms with Gasteiger partial charge in [0.15, 0.2) is 0 Å². The average molecular weight is 449 g/mol. The summed E-state index contributed by atoms with van der Waals surface area (Å²) in [6.45, 7) is 3.00. The van der Waals surface area contributed by atoms with Crippen LogP contribution in [0, 0.1) is 18.7 Å². The normalized spacial score (nSPS) is 14.9. The summed E-state index contributed by atoms with van der Waals surface area (Å²) >= 11 is 12.1. The zero-order valence-corrected chi connectivity index (χ0v) is 18.1. The fourth-order valence-corrected chi connectivity index (χ4v) is 3.73. The Morgan fingerprint density at radius 1 is 1.20 bits per heavy atom. The van der Waals surface area contributed by atoms with Gasteiger partial charge in [0.25, 0.3) is 0 Å². The molecule has 0 atom stereocenters. The number of likely N-dealkylation sites (tertiary alicyclic amines) is 1. The van der Waals surface area contributed by atoms with Crippen LogP contribution < -0.4 is 5.32 Å². The number of benzene rings is 2. The third-order valence-electron chi connectivity index (χ3n) is 5.27. The summed E-state index contributed by atoms with van der Waals surface area (Å²) in [5.41, 5.74) is 1.98. The fourth-order valence-electron chi connectivity index (χ4n) is 3.36. The van der Waals surface area contributed by atoms with Gasteiger partial charge < -0.3 is 10.2 Å². The summed E-state index contributed by atoms with van der Waals surface area (Å²) in [7, 11) is 0. The highest BCUT2D eigenvalue weighted by Crippen LogP contribution is 2.26. The third kappa shape index (κ3) is 5.61. The SMILES string of the molecule is Cc1ccc(CNC(=O)C2CCN(C(=O)C=Cc3cccc(Cl)c3Cl)CC2)cc1F. The molecular formula is C23H23Cl2FN2O2. The van der Waals surface area contributed by atoms with E-state index in [1.165, 1.54) is 12.1 Å². The first-order valence-electron chi connectivity index (χ1n) is 9.79. The van der Waals surface area contributed by atoms with Gasteiger partial charge in [0, 0.05) is 31.6 Å². The molecule has 4 nitrogen and oxygen atoms in total. The molecule has 0 radical (unpaired) electrons. The van der Waals surface area contributed by atoms with Gasteiger partial charge in [0.05, 0.1) is 10.0 Å². The molecule has 1 saturated heterocycles. The highest BCUT2D eigenvalue weighted by atomic mass is 35.5. The van der Waals surface area contributed by atoms with Crippen molar-refractivity contribution in [3.05, 3.63) is 75.0 Å². The predicted molar refractivity (Wildman–Crippen MR) is 118 cm³/mol. The summed E-state index contributed by atoms with van der Waals surface area (Å²) < 4.78 is 13.6. The molecule has 158 valence electrons. The number of hydrogen-bond acceptors (Lipinski definition) is 2. The number of nitrogens with zero attached hydrogens (tertiary/aromatic N) is 1. The first-order valence-corrected chi connectivity index (χ1v) is 10.5. The van der Waals surface area contributed by atoms with Crippen LogP contribution in [-0.2, 0) is 16.1 Å². The van der Waals surface area contributed by atoms with Crippen LogP contribution in [-0.4, -0.2) is 29.8 Å². The molecule has 2 amide bonds. The van der Waals surface area contributed by atoms with E-state index < -0.39 is 0 Å². The Labute approximate surface area is 185 Å². The minimum absolute atomic E-state index is 0.0654. The second-order valence-electron chi connectivity index (χ2n) is 7.38. The van der Waals surface area contributed by atoms with Crippen molar-refractivity contribution in [2.24, 2.45) is 5.92 Å². The number of halogens is 3. The maximum Gasteiger partial charge on any atom is 0.246 e. The van der Waals surface area contributed by atoms with E-state index in [1.54, 1.807) is 48.2 Å². The van der Waals surface area contributed by atoms with Gasteiger partial charge in [-0.1, -0.05) is 47.5 Å². The van der Waals surface area contributed by atoms with E-state index in [1.807, 2.05) is 0 Å². The molecule has 0 saturated carbocycles. The van der Waals surface area contributed by atoms with Crippen molar-refractivity contribution in [2.45, 2.75) is 26.3 Å². The maximum atomic E-state index is 13.6. The lowest BCUT2D eigenvalue weighted by Crippen LogP contribution is -2.42. The number of aryl methyl sites for hydroxylation is 1. The largest absolute Gasteiger partial charge is 0.352 e. The zero-order valence-electron chi connectivity index (χ0n) is 16.6. The van der Waals surface area contributed by atoms with E-state index in [0.29, 0.717) is 47.1 Å². The van der Waals surface area contributed by atoms with Gasteiger partial charge in [-0.2, -0.15) is 0 Å². The van der Waals surface area contributed by atoms with Crippen molar-refractivity contribution in [3.8, 4) is 0 Å². The smallest absolute Gasteiger partial charge is 0.246 e. The first kappa shape index (κ1) is 22.3. The van der Waals surface area contributed by atoms with Gasteiger partial charge >= 0.3 is 0 Å². The molecule has 1 aliphatic heterocycles. The molecule has 0 bridgehead atoms. The molecule has 1 heterocycles. The molecule has 1 N–H and O–H groups in total. The Morgan fingerprint density at radius 3 is 2.63 bits per heavy atom. The summed E-state index contributed by atoms with van der Waals surface area (Å²) in [6.07, 6.45) is 4.30. The van der Waals surface area contributed by atoms with Gasteiger partial charge in [-0.15, -0.1) is 0 Å². The van der Waals surface area contributed by atoms with Crippen LogP contribution in [0.15, 0.2) is 42.5 Å². The van der Waals surface area contributed by atoms with Gasteiger partial charge in [0.1, 0.15) is 5.82 Å². The van der Waals surface area contributed by atoms with E-state index in [2.05, 4.69) is 5.32 Å². The molecule has 0 unspecified atom stereocenters. The highest BCUT2D eigenvalue weighted by molar-refractivity contribution is 6.42. The number of nitrogens with one attached hydrogen (secondary N) is 1. The molecule has 1 fully saturated rings. The first-order chi connectivity index (χ1) is 14.3. The number of amides is 2. The topological polar surface area (TPSA) is 49.4 Å². The van der Waals surface area contributed by atoms with E-state index >= 15 is 0 Å². The molecule has 3 rings (SSSR count). The Kier molecular flexibility index (Phi) is 7.51.